The van der Waals surface area contributed by atoms with Crippen LogP contribution >= 0.6 is 0 Å². The maximum atomic E-state index is 10.6. The van der Waals surface area contributed by atoms with Crippen molar-refractivity contribution >= 4 is 17.0 Å². The average molecular weight is 177 g/mol. The van der Waals surface area contributed by atoms with Gasteiger partial charge in [0.2, 0.25) is 5.82 Å². The van der Waals surface area contributed by atoms with Gasteiger partial charge in [-0.05, 0) is 13.0 Å². The first-order valence-electron chi connectivity index (χ1n) is 3.73. The van der Waals surface area contributed by atoms with Gasteiger partial charge in [0, 0.05) is 6.20 Å². The number of aromatic carboxylic acids is 1. The van der Waals surface area contributed by atoms with Crippen LogP contribution in [0.25, 0.3) is 11.0 Å². The van der Waals surface area contributed by atoms with Crippen LogP contribution in [0.5, 0.6) is 0 Å². The molecule has 0 aliphatic heterocycles. The van der Waals surface area contributed by atoms with Crippen molar-refractivity contribution in [3.8, 4) is 0 Å². The summed E-state index contributed by atoms with van der Waals surface area (Å²) in [6.45, 7) is 1.79. The van der Waals surface area contributed by atoms with Crippen LogP contribution in [0.1, 0.15) is 16.3 Å². The zero-order chi connectivity index (χ0) is 9.42. The largest absolute Gasteiger partial charge is 0.475 e. The Morgan fingerprint density at radius 2 is 2.38 bits per heavy atom. The van der Waals surface area contributed by atoms with E-state index in [4.69, 9.17) is 5.11 Å². The fourth-order valence-electron chi connectivity index (χ4n) is 1.17. The molecule has 5 nitrogen and oxygen atoms in total. The smallest absolute Gasteiger partial charge is 0.371 e. The second-order valence-electron chi connectivity index (χ2n) is 2.68. The fourth-order valence-corrected chi connectivity index (χ4v) is 1.17. The van der Waals surface area contributed by atoms with Gasteiger partial charge in [0.05, 0.1) is 11.2 Å². The number of nitrogens with one attached hydrogen (secondary N) is 1. The molecule has 5 heteroatoms. The van der Waals surface area contributed by atoms with Crippen LogP contribution < -0.4 is 0 Å². The van der Waals surface area contributed by atoms with Gasteiger partial charge in [-0.25, -0.2) is 9.78 Å². The normalized spacial score (nSPS) is 10.5. The van der Waals surface area contributed by atoms with Crippen LogP contribution in [0.4, 0.5) is 0 Å². The number of fused-ring (bicyclic) bond motifs is 1. The van der Waals surface area contributed by atoms with Gasteiger partial charge in [0.1, 0.15) is 5.52 Å². The molecule has 0 aliphatic carbocycles. The molecule has 0 radical (unpaired) electrons. The van der Waals surface area contributed by atoms with E-state index < -0.39 is 5.97 Å². The molecular formula is C8H7N3O2. The molecule has 0 saturated heterocycles. The lowest BCUT2D eigenvalue weighted by atomic mass is 10.3. The van der Waals surface area contributed by atoms with E-state index in [9.17, 15) is 4.79 Å². The molecule has 0 spiro atoms. The molecule has 2 heterocycles. The van der Waals surface area contributed by atoms with E-state index in [1.165, 1.54) is 0 Å². The van der Waals surface area contributed by atoms with Gasteiger partial charge in [-0.1, -0.05) is 0 Å². The minimum atomic E-state index is -1.06. The predicted octanol–water partition coefficient (Wildman–Crippen LogP) is 0.965. The van der Waals surface area contributed by atoms with Crippen LogP contribution in [0, 0.1) is 6.92 Å². The molecule has 0 amide bonds. The second kappa shape index (κ2) is 2.55. The number of hydrogen-bond donors (Lipinski definition) is 2. The van der Waals surface area contributed by atoms with Crippen molar-refractivity contribution in [2.75, 3.05) is 0 Å². The number of rotatable bonds is 1. The average Bonchev–Trinajstić information content (AvgIpc) is 2.49. The number of H-pyrrole nitrogens is 1. The lowest BCUT2D eigenvalue weighted by Gasteiger charge is -1.89. The van der Waals surface area contributed by atoms with Crippen molar-refractivity contribution < 1.29 is 9.90 Å². The van der Waals surface area contributed by atoms with E-state index in [1.807, 2.05) is 0 Å². The molecule has 0 aliphatic rings. The molecule has 2 N–H and O–H groups in total. The summed E-state index contributed by atoms with van der Waals surface area (Å²) in [5.74, 6) is -1.11. The highest BCUT2D eigenvalue weighted by Gasteiger charge is 2.10. The summed E-state index contributed by atoms with van der Waals surface area (Å²) in [6.07, 6.45) is 1.61. The van der Waals surface area contributed by atoms with Gasteiger partial charge in [-0.3, -0.25) is 4.98 Å². The van der Waals surface area contributed by atoms with Crippen molar-refractivity contribution in [1.82, 2.24) is 15.0 Å². The number of hydrogen-bond acceptors (Lipinski definition) is 3. The monoisotopic (exact) mass is 177 g/mol. The first-order chi connectivity index (χ1) is 6.18. The molecule has 0 atom stereocenters. The SMILES string of the molecule is Cc1nccc2[nH]c(C(=O)O)nc12. The lowest BCUT2D eigenvalue weighted by molar-refractivity contribution is 0.0685. The Hall–Kier alpha value is -1.91. The van der Waals surface area contributed by atoms with Crippen molar-refractivity contribution in [3.05, 3.63) is 23.8 Å². The van der Waals surface area contributed by atoms with Crippen molar-refractivity contribution in [3.63, 3.8) is 0 Å². The van der Waals surface area contributed by atoms with Gasteiger partial charge in [-0.15, -0.1) is 0 Å². The van der Waals surface area contributed by atoms with Crippen LogP contribution in [-0.4, -0.2) is 26.0 Å². The first-order valence-corrected chi connectivity index (χ1v) is 3.73. The molecule has 13 heavy (non-hydrogen) atoms. The lowest BCUT2D eigenvalue weighted by Crippen LogP contribution is -1.97. The number of carbonyl (C=O) groups is 1. The molecule has 0 aromatic carbocycles. The Bertz CT molecular complexity index is 475. The molecule has 0 fully saturated rings. The first kappa shape index (κ1) is 7.72. The molecule has 2 aromatic heterocycles. The zero-order valence-electron chi connectivity index (χ0n) is 6.90. The number of aryl methyl sites for hydroxylation is 1. The highest BCUT2D eigenvalue weighted by molar-refractivity contribution is 5.89. The van der Waals surface area contributed by atoms with E-state index in [1.54, 1.807) is 19.2 Å². The molecule has 0 saturated carbocycles. The number of carboxylic acid groups (broad SMARTS) is 1. The molecule has 2 rings (SSSR count). The highest BCUT2D eigenvalue weighted by Crippen LogP contribution is 2.12. The molecule has 0 unspecified atom stereocenters. The Morgan fingerprint density at radius 3 is 3.00 bits per heavy atom. The number of imidazole rings is 1. The van der Waals surface area contributed by atoms with Gasteiger partial charge in [-0.2, -0.15) is 0 Å². The van der Waals surface area contributed by atoms with Crippen LogP contribution in [0.2, 0.25) is 0 Å². The maximum Gasteiger partial charge on any atom is 0.371 e. The van der Waals surface area contributed by atoms with Gasteiger partial charge in [0.15, 0.2) is 0 Å². The van der Waals surface area contributed by atoms with Gasteiger partial charge < -0.3 is 10.1 Å². The Kier molecular flexibility index (Phi) is 1.51. The van der Waals surface area contributed by atoms with Crippen LogP contribution in [-0.2, 0) is 0 Å². The molecule has 0 bridgehead atoms. The van der Waals surface area contributed by atoms with Crippen LogP contribution in [0.3, 0.4) is 0 Å². The number of nitrogens with zero attached hydrogens (tertiary/aromatic N) is 2. The summed E-state index contributed by atoms with van der Waals surface area (Å²) >= 11 is 0. The number of aromatic nitrogens is 3. The fraction of sp³-hybridized carbons (Fsp3) is 0.125. The number of carboxylic acids is 1. The van der Waals surface area contributed by atoms with E-state index in [2.05, 4.69) is 15.0 Å². The Balaban J connectivity index is 2.75. The standard InChI is InChI=1S/C8H7N3O2/c1-4-6-5(2-3-9-4)10-7(11-6)8(12)13/h2-3H,1H3,(H,10,11)(H,12,13). The van der Waals surface area contributed by atoms with Crippen molar-refractivity contribution in [2.24, 2.45) is 0 Å². The second-order valence-corrected chi connectivity index (χ2v) is 2.68. The Labute approximate surface area is 73.4 Å². The third kappa shape index (κ3) is 1.14. The maximum absolute atomic E-state index is 10.6. The van der Waals surface area contributed by atoms with E-state index >= 15 is 0 Å². The highest BCUT2D eigenvalue weighted by atomic mass is 16.4. The van der Waals surface area contributed by atoms with Gasteiger partial charge >= 0.3 is 5.97 Å². The van der Waals surface area contributed by atoms with Crippen molar-refractivity contribution in [1.29, 1.82) is 0 Å². The minimum absolute atomic E-state index is 0.0499. The third-order valence-corrected chi connectivity index (χ3v) is 1.79. The molecule has 66 valence electrons. The summed E-state index contributed by atoms with van der Waals surface area (Å²) in [6, 6.07) is 1.70. The van der Waals surface area contributed by atoms with Crippen molar-refractivity contribution in [2.45, 2.75) is 6.92 Å². The summed E-state index contributed by atoms with van der Waals surface area (Å²) in [4.78, 5) is 21.2. The summed E-state index contributed by atoms with van der Waals surface area (Å²) in [5.41, 5.74) is 2.03. The minimum Gasteiger partial charge on any atom is -0.475 e. The van der Waals surface area contributed by atoms with E-state index in [0.29, 0.717) is 11.0 Å². The quantitative estimate of drug-likeness (QED) is 0.680. The van der Waals surface area contributed by atoms with Crippen LogP contribution in [0.15, 0.2) is 12.3 Å². The summed E-state index contributed by atoms with van der Waals surface area (Å²) < 4.78 is 0. The van der Waals surface area contributed by atoms with E-state index in [-0.39, 0.29) is 5.82 Å². The topological polar surface area (TPSA) is 78.9 Å². The van der Waals surface area contributed by atoms with E-state index in [0.717, 1.165) is 5.69 Å². The predicted molar refractivity (Wildman–Crippen MR) is 45.6 cm³/mol. The number of aromatic amines is 1. The molecular weight excluding hydrogens is 170 g/mol. The third-order valence-electron chi connectivity index (χ3n) is 1.79. The summed E-state index contributed by atoms with van der Waals surface area (Å²) in [5, 5.41) is 8.66. The zero-order valence-corrected chi connectivity index (χ0v) is 6.90. The summed E-state index contributed by atoms with van der Waals surface area (Å²) in [7, 11) is 0. The number of pyridine rings is 1. The molecule has 2 aromatic rings. The van der Waals surface area contributed by atoms with Gasteiger partial charge in [0.25, 0.3) is 0 Å². The Morgan fingerprint density at radius 1 is 1.62 bits per heavy atom.